The summed E-state index contributed by atoms with van der Waals surface area (Å²) in [6.45, 7) is 2.22. The molecular weight excluding hydrogens is 252 g/mol. The number of thiocarbonyl (C=S) groups is 1. The van der Waals surface area contributed by atoms with Crippen molar-refractivity contribution in [2.75, 3.05) is 0 Å². The van der Waals surface area contributed by atoms with Gasteiger partial charge in [0.25, 0.3) is 0 Å². The van der Waals surface area contributed by atoms with Crippen molar-refractivity contribution in [2.24, 2.45) is 0 Å². The second kappa shape index (κ2) is 6.76. The smallest absolute Gasteiger partial charge is 0.186 e. The topological polar surface area (TPSA) is 17.1 Å². The molecule has 0 heterocycles. The van der Waals surface area contributed by atoms with Crippen molar-refractivity contribution >= 4 is 22.9 Å². The van der Waals surface area contributed by atoms with E-state index in [0.29, 0.717) is 0 Å². The molecule has 0 unspecified atom stereocenters. The number of rotatable bonds is 6. The van der Waals surface area contributed by atoms with Gasteiger partial charge in [-0.1, -0.05) is 69.1 Å². The molecule has 1 aromatic rings. The number of allylic oxidation sites excluding steroid dienone is 2. The second-order valence-electron chi connectivity index (χ2n) is 5.07. The van der Waals surface area contributed by atoms with Crippen LogP contribution in [0.5, 0.6) is 0 Å². The van der Waals surface area contributed by atoms with E-state index in [1.165, 1.54) is 25.7 Å². The monoisotopic (exact) mass is 272 g/mol. The molecule has 0 aromatic heterocycles. The molecule has 0 saturated heterocycles. The van der Waals surface area contributed by atoms with Gasteiger partial charge < -0.3 is 0 Å². The van der Waals surface area contributed by atoms with E-state index in [0.717, 1.165) is 34.4 Å². The SMILES string of the molecule is CCCCCCCC1=CC(=O)c2ccccc2C1=S. The first-order valence-electron chi connectivity index (χ1n) is 7.12. The largest absolute Gasteiger partial charge is 0.289 e. The summed E-state index contributed by atoms with van der Waals surface area (Å²) in [6.07, 6.45) is 8.86. The maximum Gasteiger partial charge on any atom is 0.186 e. The van der Waals surface area contributed by atoms with E-state index in [1.807, 2.05) is 24.3 Å². The van der Waals surface area contributed by atoms with Gasteiger partial charge in [-0.05, 0) is 24.5 Å². The van der Waals surface area contributed by atoms with Crippen molar-refractivity contribution in [1.82, 2.24) is 0 Å². The predicted octanol–water partition coefficient (Wildman–Crippen LogP) is 4.89. The number of hydrogen-bond donors (Lipinski definition) is 0. The number of benzene rings is 1. The molecule has 1 aromatic carbocycles. The summed E-state index contributed by atoms with van der Waals surface area (Å²) in [7, 11) is 0. The van der Waals surface area contributed by atoms with Crippen molar-refractivity contribution in [1.29, 1.82) is 0 Å². The maximum absolute atomic E-state index is 12.0. The molecule has 0 aliphatic heterocycles. The first kappa shape index (κ1) is 14.1. The van der Waals surface area contributed by atoms with E-state index in [9.17, 15) is 4.79 Å². The van der Waals surface area contributed by atoms with Gasteiger partial charge >= 0.3 is 0 Å². The van der Waals surface area contributed by atoms with Crippen LogP contribution in [0.2, 0.25) is 0 Å². The number of fused-ring (bicyclic) bond motifs is 1. The van der Waals surface area contributed by atoms with Gasteiger partial charge in [-0.2, -0.15) is 0 Å². The highest BCUT2D eigenvalue weighted by atomic mass is 32.1. The Morgan fingerprint density at radius 3 is 2.42 bits per heavy atom. The van der Waals surface area contributed by atoms with Crippen molar-refractivity contribution in [3.8, 4) is 0 Å². The van der Waals surface area contributed by atoms with Crippen LogP contribution in [0.3, 0.4) is 0 Å². The molecule has 1 aliphatic rings. The summed E-state index contributed by atoms with van der Waals surface area (Å²) in [6, 6.07) is 7.66. The molecule has 1 nitrogen and oxygen atoms in total. The third kappa shape index (κ3) is 3.38. The highest BCUT2D eigenvalue weighted by molar-refractivity contribution is 7.81. The quantitative estimate of drug-likeness (QED) is 0.542. The Labute approximate surface area is 120 Å². The second-order valence-corrected chi connectivity index (χ2v) is 5.48. The van der Waals surface area contributed by atoms with E-state index in [1.54, 1.807) is 6.08 Å². The third-order valence-electron chi connectivity index (χ3n) is 3.58. The first-order valence-corrected chi connectivity index (χ1v) is 7.53. The first-order chi connectivity index (χ1) is 9.24. The molecule has 0 N–H and O–H groups in total. The Morgan fingerprint density at radius 1 is 1.00 bits per heavy atom. The lowest BCUT2D eigenvalue weighted by molar-refractivity contribution is 0.104. The number of unbranched alkanes of at least 4 members (excludes halogenated alkanes) is 4. The van der Waals surface area contributed by atoms with Crippen LogP contribution >= 0.6 is 12.2 Å². The average molecular weight is 272 g/mol. The molecule has 0 saturated carbocycles. The van der Waals surface area contributed by atoms with E-state index in [4.69, 9.17) is 12.2 Å². The molecule has 2 rings (SSSR count). The van der Waals surface area contributed by atoms with Crippen molar-refractivity contribution in [3.05, 3.63) is 47.0 Å². The summed E-state index contributed by atoms with van der Waals surface area (Å²) in [5.74, 6) is 0.104. The molecule has 100 valence electrons. The predicted molar refractivity (Wildman–Crippen MR) is 83.9 cm³/mol. The van der Waals surface area contributed by atoms with Crippen molar-refractivity contribution in [3.63, 3.8) is 0 Å². The lowest BCUT2D eigenvalue weighted by Crippen LogP contribution is -2.15. The van der Waals surface area contributed by atoms with E-state index in [2.05, 4.69) is 6.92 Å². The van der Waals surface area contributed by atoms with Crippen LogP contribution in [0, 0.1) is 0 Å². The van der Waals surface area contributed by atoms with Crippen LogP contribution in [0.15, 0.2) is 35.9 Å². The zero-order chi connectivity index (χ0) is 13.7. The fourth-order valence-electron chi connectivity index (χ4n) is 2.48. The molecule has 0 radical (unpaired) electrons. The highest BCUT2D eigenvalue weighted by Crippen LogP contribution is 2.25. The van der Waals surface area contributed by atoms with Crippen molar-refractivity contribution < 1.29 is 4.79 Å². The number of hydrogen-bond acceptors (Lipinski definition) is 2. The summed E-state index contributed by atoms with van der Waals surface area (Å²) in [4.78, 5) is 12.9. The van der Waals surface area contributed by atoms with Crippen molar-refractivity contribution in [2.45, 2.75) is 45.4 Å². The van der Waals surface area contributed by atoms with Crippen LogP contribution in [0.1, 0.15) is 61.4 Å². The van der Waals surface area contributed by atoms with Gasteiger partial charge in [-0.15, -0.1) is 0 Å². The molecule has 2 heteroatoms. The van der Waals surface area contributed by atoms with Crippen LogP contribution in [0.25, 0.3) is 0 Å². The normalized spacial score (nSPS) is 14.3. The molecular formula is C17H20OS. The minimum absolute atomic E-state index is 0.104. The molecule has 0 atom stereocenters. The summed E-state index contributed by atoms with van der Waals surface area (Å²) < 4.78 is 0. The Balaban J connectivity index is 2.00. The lowest BCUT2D eigenvalue weighted by atomic mass is 9.88. The Kier molecular flexibility index (Phi) is 5.03. The number of ketones is 1. The molecule has 19 heavy (non-hydrogen) atoms. The summed E-state index contributed by atoms with van der Waals surface area (Å²) >= 11 is 5.52. The van der Waals surface area contributed by atoms with Crippen LogP contribution in [0.4, 0.5) is 0 Å². The standard InChI is InChI=1S/C17H20OS/c1-2-3-4-5-6-9-13-12-16(18)14-10-7-8-11-15(14)17(13)19/h7-8,10-12H,2-6,9H2,1H3. The van der Waals surface area contributed by atoms with Gasteiger partial charge in [0, 0.05) is 16.0 Å². The van der Waals surface area contributed by atoms with Gasteiger partial charge in [0.15, 0.2) is 5.78 Å². The average Bonchev–Trinajstić information content (AvgIpc) is 2.44. The number of carbonyl (C=O) groups excluding carboxylic acids is 1. The molecule has 0 bridgehead atoms. The van der Waals surface area contributed by atoms with Crippen LogP contribution in [-0.4, -0.2) is 10.6 Å². The van der Waals surface area contributed by atoms with Gasteiger partial charge in [-0.25, -0.2) is 0 Å². The fourth-order valence-corrected chi connectivity index (χ4v) is 2.81. The van der Waals surface area contributed by atoms with Gasteiger partial charge in [0.2, 0.25) is 0 Å². The highest BCUT2D eigenvalue weighted by Gasteiger charge is 2.21. The lowest BCUT2D eigenvalue weighted by Gasteiger charge is -2.17. The van der Waals surface area contributed by atoms with E-state index in [-0.39, 0.29) is 5.78 Å². The van der Waals surface area contributed by atoms with Crippen LogP contribution < -0.4 is 0 Å². The number of carbonyl (C=O) groups is 1. The van der Waals surface area contributed by atoms with Gasteiger partial charge in [0.05, 0.1) is 0 Å². The summed E-state index contributed by atoms with van der Waals surface area (Å²) in [5.41, 5.74) is 2.74. The Morgan fingerprint density at radius 2 is 1.68 bits per heavy atom. The van der Waals surface area contributed by atoms with Gasteiger partial charge in [-0.3, -0.25) is 4.79 Å². The minimum Gasteiger partial charge on any atom is -0.289 e. The fraction of sp³-hybridized carbons (Fsp3) is 0.412. The summed E-state index contributed by atoms with van der Waals surface area (Å²) in [5, 5.41) is 0. The zero-order valence-electron chi connectivity index (χ0n) is 11.4. The Hall–Kier alpha value is -1.28. The minimum atomic E-state index is 0.104. The zero-order valence-corrected chi connectivity index (χ0v) is 12.3. The van der Waals surface area contributed by atoms with E-state index >= 15 is 0 Å². The molecule has 1 aliphatic carbocycles. The van der Waals surface area contributed by atoms with Gasteiger partial charge in [0.1, 0.15) is 0 Å². The molecule has 0 fully saturated rings. The molecule has 0 amide bonds. The maximum atomic E-state index is 12.0. The van der Waals surface area contributed by atoms with Crippen LogP contribution in [-0.2, 0) is 0 Å². The third-order valence-corrected chi connectivity index (χ3v) is 4.07. The Bertz CT molecular complexity index is 514. The molecule has 0 spiro atoms. The van der Waals surface area contributed by atoms with E-state index < -0.39 is 0 Å².